The fourth-order valence-electron chi connectivity index (χ4n) is 4.50. The number of aromatic hydroxyl groups is 1. The predicted octanol–water partition coefficient (Wildman–Crippen LogP) is 4.78. The highest BCUT2D eigenvalue weighted by molar-refractivity contribution is 6.30. The van der Waals surface area contributed by atoms with E-state index < -0.39 is 6.04 Å². The molecule has 2 aromatic carbocycles. The van der Waals surface area contributed by atoms with Gasteiger partial charge >= 0.3 is 6.03 Å². The van der Waals surface area contributed by atoms with Crippen molar-refractivity contribution in [3.8, 4) is 11.5 Å². The van der Waals surface area contributed by atoms with Gasteiger partial charge in [-0.2, -0.15) is 5.10 Å². The Morgan fingerprint density at radius 1 is 1.15 bits per heavy atom. The molecule has 0 spiro atoms. The van der Waals surface area contributed by atoms with Crippen molar-refractivity contribution in [1.29, 1.82) is 0 Å². The summed E-state index contributed by atoms with van der Waals surface area (Å²) in [6.07, 6.45) is 1.80. The maximum Gasteiger partial charge on any atom is 0.328 e. The van der Waals surface area contributed by atoms with Crippen LogP contribution in [0.4, 0.5) is 16.3 Å². The topological polar surface area (TPSA) is 92.0 Å². The van der Waals surface area contributed by atoms with E-state index in [4.69, 9.17) is 21.3 Å². The Labute approximate surface area is 196 Å². The lowest BCUT2D eigenvalue weighted by Gasteiger charge is -2.33. The number of methoxy groups -OCH3 is 1. The summed E-state index contributed by atoms with van der Waals surface area (Å²) >= 11 is 6.08. The van der Waals surface area contributed by atoms with Gasteiger partial charge in [-0.3, -0.25) is 10.2 Å². The molecule has 9 heteroatoms. The summed E-state index contributed by atoms with van der Waals surface area (Å²) in [7, 11) is 1.51. The first-order valence-electron chi connectivity index (χ1n) is 10.6. The van der Waals surface area contributed by atoms with E-state index >= 15 is 0 Å². The number of halogens is 1. The van der Waals surface area contributed by atoms with E-state index in [1.165, 1.54) is 7.11 Å². The Kier molecular flexibility index (Phi) is 4.86. The summed E-state index contributed by atoms with van der Waals surface area (Å²) in [4.78, 5) is 19.7. The average molecular weight is 466 g/mol. The van der Waals surface area contributed by atoms with Crippen molar-refractivity contribution in [2.75, 3.05) is 12.0 Å². The summed E-state index contributed by atoms with van der Waals surface area (Å²) in [6, 6.07) is 11.7. The number of nitrogens with one attached hydrogen (secondary N) is 1. The summed E-state index contributed by atoms with van der Waals surface area (Å²) in [5.74, 6) is 1.31. The van der Waals surface area contributed by atoms with Crippen LogP contribution in [0.25, 0.3) is 0 Å². The van der Waals surface area contributed by atoms with Gasteiger partial charge in [0.2, 0.25) is 0 Å². The Bertz CT molecular complexity index is 1280. The molecule has 0 bridgehead atoms. The van der Waals surface area contributed by atoms with Gasteiger partial charge in [0.05, 0.1) is 18.8 Å². The molecule has 0 aliphatic carbocycles. The lowest BCUT2D eigenvalue weighted by atomic mass is 9.83. The van der Waals surface area contributed by atoms with Gasteiger partial charge in [0, 0.05) is 22.2 Å². The number of ether oxygens (including phenoxy) is 1. The Morgan fingerprint density at radius 2 is 1.88 bits per heavy atom. The second-order valence-electron chi connectivity index (χ2n) is 9.13. The van der Waals surface area contributed by atoms with Gasteiger partial charge in [-0.1, -0.05) is 17.7 Å². The molecule has 3 heterocycles. The fraction of sp³-hybridized carbons (Fsp3) is 0.292. The number of aromatic nitrogens is 2. The molecule has 2 N–H and O–H groups in total. The Morgan fingerprint density at radius 3 is 2.52 bits per heavy atom. The SMILES string of the molecule is COc1ccc([C@@H]2c3cnn(C(C)(C)C)c3N=C3NC(=O)N(c4ccc(Cl)cc4)[C@H]32)cc1O. The van der Waals surface area contributed by atoms with Crippen LogP contribution < -0.4 is 15.0 Å². The number of carbonyl (C=O) groups is 1. The lowest BCUT2D eigenvalue weighted by Crippen LogP contribution is -2.42. The van der Waals surface area contributed by atoms with Crippen LogP contribution in [-0.4, -0.2) is 39.9 Å². The fourth-order valence-corrected chi connectivity index (χ4v) is 4.62. The molecule has 5 rings (SSSR count). The van der Waals surface area contributed by atoms with Crippen molar-refractivity contribution in [3.05, 3.63) is 64.8 Å². The number of hydrogen-bond donors (Lipinski definition) is 2. The first kappa shape index (κ1) is 21.3. The summed E-state index contributed by atoms with van der Waals surface area (Å²) in [5, 5.41) is 18.7. The minimum Gasteiger partial charge on any atom is -0.504 e. The Balaban J connectivity index is 1.72. The number of carbonyl (C=O) groups excluding carboxylic acids is 1. The number of phenolic OH excluding ortho intramolecular Hbond substituents is 1. The minimum atomic E-state index is -0.448. The van der Waals surface area contributed by atoms with Crippen LogP contribution >= 0.6 is 11.6 Å². The third-order valence-electron chi connectivity index (χ3n) is 5.96. The van der Waals surface area contributed by atoms with E-state index in [0.29, 0.717) is 28.1 Å². The number of fused-ring (bicyclic) bond motifs is 2. The molecule has 2 atom stereocenters. The van der Waals surface area contributed by atoms with Crippen LogP contribution in [0.1, 0.15) is 37.8 Å². The number of urea groups is 1. The average Bonchev–Trinajstić information content (AvgIpc) is 3.33. The molecular formula is C24H24ClN5O3. The first-order chi connectivity index (χ1) is 15.7. The summed E-state index contributed by atoms with van der Waals surface area (Å²) in [5.41, 5.74) is 2.08. The number of hydrogen-bond acceptors (Lipinski definition) is 5. The second-order valence-corrected chi connectivity index (χ2v) is 9.57. The highest BCUT2D eigenvalue weighted by Gasteiger charge is 2.48. The van der Waals surface area contributed by atoms with Crippen molar-refractivity contribution >= 4 is 35.0 Å². The molecule has 2 aliphatic rings. The molecule has 2 amide bonds. The molecule has 33 heavy (non-hydrogen) atoms. The molecule has 1 saturated heterocycles. The lowest BCUT2D eigenvalue weighted by molar-refractivity contribution is 0.252. The van der Waals surface area contributed by atoms with Crippen molar-refractivity contribution < 1.29 is 14.6 Å². The van der Waals surface area contributed by atoms with Crippen LogP contribution in [-0.2, 0) is 5.54 Å². The van der Waals surface area contributed by atoms with Gasteiger partial charge in [0.25, 0.3) is 0 Å². The number of aliphatic imine (C=N–C) groups is 1. The van der Waals surface area contributed by atoms with Crippen molar-refractivity contribution in [1.82, 2.24) is 15.1 Å². The van der Waals surface area contributed by atoms with E-state index in [0.717, 1.165) is 11.1 Å². The number of phenols is 1. The van der Waals surface area contributed by atoms with E-state index in [2.05, 4.69) is 10.4 Å². The van der Waals surface area contributed by atoms with Gasteiger partial charge in [-0.05, 0) is 62.7 Å². The number of amides is 2. The van der Waals surface area contributed by atoms with Gasteiger partial charge < -0.3 is 9.84 Å². The molecule has 0 unspecified atom stereocenters. The zero-order chi connectivity index (χ0) is 23.5. The van der Waals surface area contributed by atoms with Crippen molar-refractivity contribution in [2.45, 2.75) is 38.3 Å². The number of anilines is 1. The highest BCUT2D eigenvalue weighted by atomic mass is 35.5. The molecule has 0 saturated carbocycles. The predicted molar refractivity (Wildman–Crippen MR) is 127 cm³/mol. The standard InChI is InChI=1S/C24H24ClN5O3/c1-24(2,3)30-22-16(12-26-30)19(13-5-10-18(33-4)17(31)11-13)20-21(27-22)28-23(32)29(20)15-8-6-14(25)7-9-15/h5-12,19-20,31H,1-4H3,(H,27,28,32)/t19-,20+/m1/s1. The first-order valence-corrected chi connectivity index (χ1v) is 11.0. The molecule has 1 aromatic heterocycles. The van der Waals surface area contributed by atoms with Crippen LogP contribution in [0.15, 0.2) is 53.7 Å². The van der Waals surface area contributed by atoms with Crippen LogP contribution in [0.2, 0.25) is 5.02 Å². The van der Waals surface area contributed by atoms with E-state index in [1.54, 1.807) is 35.4 Å². The smallest absolute Gasteiger partial charge is 0.328 e. The van der Waals surface area contributed by atoms with Crippen LogP contribution in [0.3, 0.4) is 0 Å². The van der Waals surface area contributed by atoms with E-state index in [1.807, 2.05) is 43.7 Å². The van der Waals surface area contributed by atoms with Crippen LogP contribution in [0.5, 0.6) is 11.5 Å². The molecule has 1 fully saturated rings. The largest absolute Gasteiger partial charge is 0.504 e. The third-order valence-corrected chi connectivity index (χ3v) is 6.21. The quantitative estimate of drug-likeness (QED) is 0.582. The highest BCUT2D eigenvalue weighted by Crippen LogP contribution is 2.46. The normalized spacial score (nSPS) is 19.6. The molecule has 0 radical (unpaired) electrons. The zero-order valence-electron chi connectivity index (χ0n) is 18.7. The third kappa shape index (κ3) is 3.41. The molecule has 170 valence electrons. The molecule has 2 aliphatic heterocycles. The Hall–Kier alpha value is -3.52. The summed E-state index contributed by atoms with van der Waals surface area (Å²) < 4.78 is 7.09. The van der Waals surface area contributed by atoms with E-state index in [-0.39, 0.29) is 23.2 Å². The number of rotatable bonds is 3. The van der Waals surface area contributed by atoms with Gasteiger partial charge in [0.1, 0.15) is 11.9 Å². The second kappa shape index (κ2) is 7.52. The summed E-state index contributed by atoms with van der Waals surface area (Å²) in [6.45, 7) is 6.15. The molecule has 8 nitrogen and oxygen atoms in total. The monoisotopic (exact) mass is 465 g/mol. The number of benzene rings is 2. The van der Waals surface area contributed by atoms with Gasteiger partial charge in [-0.25, -0.2) is 14.5 Å². The maximum absolute atomic E-state index is 13.1. The number of amidine groups is 1. The van der Waals surface area contributed by atoms with Gasteiger partial charge in [-0.15, -0.1) is 0 Å². The van der Waals surface area contributed by atoms with Crippen LogP contribution in [0, 0.1) is 0 Å². The van der Waals surface area contributed by atoms with Gasteiger partial charge in [0.15, 0.2) is 17.3 Å². The maximum atomic E-state index is 13.1. The van der Waals surface area contributed by atoms with Crippen molar-refractivity contribution in [2.24, 2.45) is 4.99 Å². The van der Waals surface area contributed by atoms with Crippen molar-refractivity contribution in [3.63, 3.8) is 0 Å². The zero-order valence-corrected chi connectivity index (χ0v) is 19.5. The number of nitrogens with zero attached hydrogens (tertiary/aromatic N) is 4. The van der Waals surface area contributed by atoms with E-state index in [9.17, 15) is 9.90 Å². The molecule has 3 aromatic rings. The minimum absolute atomic E-state index is 0.0270. The molecular weight excluding hydrogens is 442 g/mol.